The third kappa shape index (κ3) is 6.00. The molecule has 2 aromatic carbocycles. The first-order valence-electron chi connectivity index (χ1n) is 11.5. The van der Waals surface area contributed by atoms with Gasteiger partial charge in [-0.2, -0.15) is 18.3 Å². The fourth-order valence-corrected chi connectivity index (χ4v) is 3.92. The molecule has 0 saturated carbocycles. The molecule has 0 aliphatic heterocycles. The maximum absolute atomic E-state index is 13.4. The quantitative estimate of drug-likeness (QED) is 0.352. The van der Waals surface area contributed by atoms with Gasteiger partial charge in [-0.25, -0.2) is 4.79 Å². The third-order valence-electron chi connectivity index (χ3n) is 5.99. The molecule has 2 heterocycles. The molecule has 0 radical (unpaired) electrons. The van der Waals surface area contributed by atoms with Gasteiger partial charge in [-0.05, 0) is 50.0 Å². The number of amides is 2. The molecule has 37 heavy (non-hydrogen) atoms. The summed E-state index contributed by atoms with van der Waals surface area (Å²) in [7, 11) is 7.43. The van der Waals surface area contributed by atoms with E-state index in [1.54, 1.807) is 47.4 Å². The first-order valence-corrected chi connectivity index (χ1v) is 11.5. The van der Waals surface area contributed by atoms with Crippen molar-refractivity contribution in [1.29, 1.82) is 0 Å². The zero-order chi connectivity index (χ0) is 26.7. The van der Waals surface area contributed by atoms with Crippen LogP contribution in [0.3, 0.4) is 0 Å². The molecule has 194 valence electrons. The number of anilines is 3. The smallest absolute Gasteiger partial charge is 0.372 e. The summed E-state index contributed by atoms with van der Waals surface area (Å²) in [6, 6.07) is 9.81. The van der Waals surface area contributed by atoms with Gasteiger partial charge in [0.2, 0.25) is 0 Å². The Morgan fingerprint density at radius 1 is 0.973 bits per heavy atom. The second-order valence-electron chi connectivity index (χ2n) is 9.00. The van der Waals surface area contributed by atoms with E-state index in [9.17, 15) is 18.0 Å². The van der Waals surface area contributed by atoms with Crippen LogP contribution in [0.15, 0.2) is 61.1 Å². The van der Waals surface area contributed by atoms with Crippen LogP contribution in [0.5, 0.6) is 0 Å². The largest absolute Gasteiger partial charge is 0.416 e. The average Bonchev–Trinajstić information content (AvgIpc) is 3.23. The number of aryl methyl sites for hydroxylation is 1. The van der Waals surface area contributed by atoms with Gasteiger partial charge >= 0.3 is 12.2 Å². The number of alkyl halides is 3. The lowest BCUT2D eigenvalue weighted by atomic mass is 10.0. The van der Waals surface area contributed by atoms with E-state index < -0.39 is 17.8 Å². The molecular formula is C26H28F3N7O. The fourth-order valence-electron chi connectivity index (χ4n) is 3.92. The van der Waals surface area contributed by atoms with Crippen molar-refractivity contribution in [2.24, 2.45) is 7.05 Å². The van der Waals surface area contributed by atoms with E-state index in [-0.39, 0.29) is 5.69 Å². The van der Waals surface area contributed by atoms with E-state index in [1.807, 2.05) is 38.2 Å². The topological polar surface area (TPSA) is 78.3 Å². The zero-order valence-electron chi connectivity index (χ0n) is 21.0. The van der Waals surface area contributed by atoms with E-state index in [0.29, 0.717) is 24.5 Å². The van der Waals surface area contributed by atoms with Crippen molar-refractivity contribution in [3.63, 3.8) is 0 Å². The van der Waals surface area contributed by atoms with Crippen LogP contribution in [0, 0.1) is 0 Å². The first-order chi connectivity index (χ1) is 17.5. The number of carbonyl (C=O) groups is 1. The predicted octanol–water partition coefficient (Wildman–Crippen LogP) is 5.30. The number of fused-ring (bicyclic) bond motifs is 1. The minimum absolute atomic E-state index is 0.0690. The Morgan fingerprint density at radius 3 is 2.38 bits per heavy atom. The van der Waals surface area contributed by atoms with Gasteiger partial charge < -0.3 is 20.4 Å². The Morgan fingerprint density at radius 2 is 1.70 bits per heavy atom. The van der Waals surface area contributed by atoms with E-state index in [1.165, 1.54) is 6.07 Å². The standard InChI is InChI=1S/C26H28F3N7O/c1-34(2)11-12-35(3)23-10-7-18(26(27,28)29)13-22(23)33-25(37)32-19-8-5-17(6-9-19)20-14-30-16-24-21(20)15-31-36(24)4/h5-10,13-16H,11-12H2,1-4H3,(H2,32,33,37). The van der Waals surface area contributed by atoms with Gasteiger partial charge in [0.25, 0.3) is 0 Å². The van der Waals surface area contributed by atoms with Crippen molar-refractivity contribution in [1.82, 2.24) is 19.7 Å². The van der Waals surface area contributed by atoms with Crippen LogP contribution in [0.4, 0.5) is 35.0 Å². The van der Waals surface area contributed by atoms with Crippen LogP contribution in [-0.2, 0) is 13.2 Å². The van der Waals surface area contributed by atoms with Crippen LogP contribution >= 0.6 is 0 Å². The Labute approximate surface area is 212 Å². The first kappa shape index (κ1) is 26.0. The maximum Gasteiger partial charge on any atom is 0.416 e. The molecule has 4 rings (SSSR count). The van der Waals surface area contributed by atoms with Gasteiger partial charge in [-0.3, -0.25) is 9.67 Å². The van der Waals surface area contributed by atoms with Crippen LogP contribution in [0.2, 0.25) is 0 Å². The van der Waals surface area contributed by atoms with Gasteiger partial charge in [0.15, 0.2) is 0 Å². The van der Waals surface area contributed by atoms with Crippen molar-refractivity contribution < 1.29 is 18.0 Å². The molecule has 0 fully saturated rings. The van der Waals surface area contributed by atoms with Crippen molar-refractivity contribution in [3.05, 3.63) is 66.6 Å². The number of nitrogens with one attached hydrogen (secondary N) is 2. The summed E-state index contributed by atoms with van der Waals surface area (Å²) in [5.41, 5.74) is 2.89. The van der Waals surface area contributed by atoms with E-state index in [0.717, 1.165) is 34.2 Å². The lowest BCUT2D eigenvalue weighted by molar-refractivity contribution is -0.137. The number of hydrogen-bond acceptors (Lipinski definition) is 5. The highest BCUT2D eigenvalue weighted by atomic mass is 19.4. The molecule has 0 aliphatic rings. The highest BCUT2D eigenvalue weighted by Crippen LogP contribution is 2.35. The summed E-state index contributed by atoms with van der Waals surface area (Å²) >= 11 is 0. The Hall–Kier alpha value is -4.12. The number of rotatable bonds is 7. The van der Waals surface area contributed by atoms with E-state index in [2.05, 4.69) is 20.7 Å². The minimum Gasteiger partial charge on any atom is -0.372 e. The second kappa shape index (κ2) is 10.5. The molecule has 4 aromatic rings. The summed E-state index contributed by atoms with van der Waals surface area (Å²) in [6.07, 6.45) is 0.733. The molecular weight excluding hydrogens is 483 g/mol. The number of carbonyl (C=O) groups excluding carboxylic acids is 1. The van der Waals surface area contributed by atoms with Crippen LogP contribution in [-0.4, -0.2) is 59.9 Å². The molecule has 2 amide bonds. The maximum atomic E-state index is 13.4. The van der Waals surface area contributed by atoms with E-state index in [4.69, 9.17) is 0 Å². The number of pyridine rings is 1. The van der Waals surface area contributed by atoms with Crippen molar-refractivity contribution in [2.75, 3.05) is 49.8 Å². The SMILES string of the molecule is CN(C)CCN(C)c1ccc(C(F)(F)F)cc1NC(=O)Nc1ccc(-c2cncc3c2cnn3C)cc1. The summed E-state index contributed by atoms with van der Waals surface area (Å²) in [6.45, 7) is 1.26. The van der Waals surface area contributed by atoms with Crippen LogP contribution < -0.4 is 15.5 Å². The molecule has 11 heteroatoms. The number of benzene rings is 2. The van der Waals surface area contributed by atoms with Gasteiger partial charge in [0.05, 0.1) is 34.8 Å². The lowest BCUT2D eigenvalue weighted by Gasteiger charge is -2.25. The molecule has 0 spiro atoms. The molecule has 0 atom stereocenters. The van der Waals surface area contributed by atoms with Crippen molar-refractivity contribution in [3.8, 4) is 11.1 Å². The van der Waals surface area contributed by atoms with Crippen LogP contribution in [0.25, 0.3) is 22.0 Å². The number of urea groups is 1. The predicted molar refractivity (Wildman–Crippen MR) is 140 cm³/mol. The summed E-state index contributed by atoms with van der Waals surface area (Å²) in [4.78, 5) is 20.8. The van der Waals surface area contributed by atoms with Gasteiger partial charge in [0.1, 0.15) is 0 Å². The molecule has 0 unspecified atom stereocenters. The molecule has 2 aromatic heterocycles. The molecule has 2 N–H and O–H groups in total. The minimum atomic E-state index is -4.53. The van der Waals surface area contributed by atoms with Gasteiger partial charge in [-0.15, -0.1) is 0 Å². The zero-order valence-corrected chi connectivity index (χ0v) is 21.0. The number of likely N-dealkylation sites (N-methyl/N-ethyl adjacent to an activating group) is 2. The normalized spacial score (nSPS) is 11.7. The average molecular weight is 512 g/mol. The Balaban J connectivity index is 1.52. The summed E-state index contributed by atoms with van der Waals surface area (Å²) in [5.74, 6) is 0. The number of hydrogen-bond donors (Lipinski definition) is 2. The molecule has 8 nitrogen and oxygen atoms in total. The third-order valence-corrected chi connectivity index (χ3v) is 5.99. The number of nitrogens with zero attached hydrogens (tertiary/aromatic N) is 5. The van der Waals surface area contributed by atoms with Crippen LogP contribution in [0.1, 0.15) is 5.56 Å². The number of halogens is 3. The Kier molecular flexibility index (Phi) is 7.35. The van der Waals surface area contributed by atoms with Crippen molar-refractivity contribution >= 4 is 34.0 Å². The van der Waals surface area contributed by atoms with Gasteiger partial charge in [0, 0.05) is 50.0 Å². The highest BCUT2D eigenvalue weighted by molar-refractivity contribution is 6.02. The Bertz CT molecular complexity index is 1400. The monoisotopic (exact) mass is 511 g/mol. The van der Waals surface area contributed by atoms with E-state index >= 15 is 0 Å². The molecule has 0 bridgehead atoms. The lowest BCUT2D eigenvalue weighted by Crippen LogP contribution is -2.30. The van der Waals surface area contributed by atoms with Gasteiger partial charge in [-0.1, -0.05) is 12.1 Å². The molecule has 0 saturated heterocycles. The number of aromatic nitrogens is 3. The summed E-state index contributed by atoms with van der Waals surface area (Å²) < 4.78 is 41.8. The molecule has 0 aliphatic carbocycles. The highest BCUT2D eigenvalue weighted by Gasteiger charge is 2.31. The summed E-state index contributed by atoms with van der Waals surface area (Å²) in [5, 5.41) is 10.5. The van der Waals surface area contributed by atoms with Crippen molar-refractivity contribution in [2.45, 2.75) is 6.18 Å². The second-order valence-corrected chi connectivity index (χ2v) is 9.00. The fraction of sp³-hybridized carbons (Fsp3) is 0.269.